The number of ether oxygens (including phenoxy) is 5. The van der Waals surface area contributed by atoms with Crippen LogP contribution in [0.15, 0.2) is 0 Å². The highest BCUT2D eigenvalue weighted by molar-refractivity contribution is 4.86. The van der Waals surface area contributed by atoms with Crippen LogP contribution in [-0.2, 0) is 23.7 Å². The second kappa shape index (κ2) is 7.71. The van der Waals surface area contributed by atoms with Crippen molar-refractivity contribution in [1.29, 1.82) is 0 Å². The molecule has 118 valence electrons. The van der Waals surface area contributed by atoms with E-state index < -0.39 is 0 Å². The van der Waals surface area contributed by atoms with Crippen molar-refractivity contribution in [2.24, 2.45) is 11.3 Å². The second-order valence-electron chi connectivity index (χ2n) is 6.40. The molecule has 0 aliphatic carbocycles. The maximum absolute atomic E-state index is 5.55. The second-order valence-corrected chi connectivity index (χ2v) is 6.40. The smallest absolute Gasteiger partial charge is 0.0881 e. The zero-order chi connectivity index (χ0) is 14.4. The van der Waals surface area contributed by atoms with E-state index in [1.807, 2.05) is 0 Å². The summed E-state index contributed by atoms with van der Waals surface area (Å²) in [6, 6.07) is 0. The van der Waals surface area contributed by atoms with E-state index in [4.69, 9.17) is 23.7 Å². The van der Waals surface area contributed by atoms with E-state index in [2.05, 4.69) is 20.8 Å². The zero-order valence-electron chi connectivity index (χ0n) is 12.9. The molecule has 2 saturated heterocycles. The summed E-state index contributed by atoms with van der Waals surface area (Å²) in [5.41, 5.74) is 0.259. The standard InChI is InChI=1S/C15H28O5/c1-12-8-19-13(12)9-17-6-4-16-5-7-18-10-14-15(2,3)11-20-14/h12-14H,4-11H2,1-3H3. The summed E-state index contributed by atoms with van der Waals surface area (Å²) >= 11 is 0. The molecule has 0 spiro atoms. The normalized spacial score (nSPS) is 31.6. The lowest BCUT2D eigenvalue weighted by atomic mass is 9.83. The van der Waals surface area contributed by atoms with Crippen molar-refractivity contribution < 1.29 is 23.7 Å². The molecule has 0 amide bonds. The third kappa shape index (κ3) is 4.67. The van der Waals surface area contributed by atoms with Gasteiger partial charge in [-0.2, -0.15) is 0 Å². The number of hydrogen-bond donors (Lipinski definition) is 0. The van der Waals surface area contributed by atoms with Gasteiger partial charge in [-0.25, -0.2) is 0 Å². The van der Waals surface area contributed by atoms with Gasteiger partial charge in [0, 0.05) is 11.3 Å². The Balaban J connectivity index is 1.32. The van der Waals surface area contributed by atoms with Crippen molar-refractivity contribution in [1.82, 2.24) is 0 Å². The van der Waals surface area contributed by atoms with Gasteiger partial charge in [0.15, 0.2) is 0 Å². The summed E-state index contributed by atoms with van der Waals surface area (Å²) < 4.78 is 27.3. The van der Waals surface area contributed by atoms with Crippen LogP contribution in [0.5, 0.6) is 0 Å². The van der Waals surface area contributed by atoms with Crippen LogP contribution in [0, 0.1) is 11.3 Å². The lowest BCUT2D eigenvalue weighted by molar-refractivity contribution is -0.193. The molecule has 2 rings (SSSR count). The minimum Gasteiger partial charge on any atom is -0.377 e. The van der Waals surface area contributed by atoms with Gasteiger partial charge in [0.25, 0.3) is 0 Å². The Kier molecular flexibility index (Phi) is 6.23. The van der Waals surface area contributed by atoms with E-state index >= 15 is 0 Å². The van der Waals surface area contributed by atoms with E-state index in [0.29, 0.717) is 45.6 Å². The molecule has 5 heteroatoms. The maximum atomic E-state index is 5.55. The van der Waals surface area contributed by atoms with Crippen LogP contribution >= 0.6 is 0 Å². The van der Waals surface area contributed by atoms with Gasteiger partial charge in [0.1, 0.15) is 0 Å². The molecule has 0 N–H and O–H groups in total. The van der Waals surface area contributed by atoms with Gasteiger partial charge in [-0.3, -0.25) is 0 Å². The van der Waals surface area contributed by atoms with Gasteiger partial charge in [-0.15, -0.1) is 0 Å². The maximum Gasteiger partial charge on any atom is 0.0881 e. The molecule has 2 fully saturated rings. The first-order valence-corrected chi connectivity index (χ1v) is 7.56. The average molecular weight is 288 g/mol. The first-order valence-electron chi connectivity index (χ1n) is 7.56. The Morgan fingerprint density at radius 1 is 0.950 bits per heavy atom. The summed E-state index contributed by atoms with van der Waals surface area (Å²) in [7, 11) is 0. The van der Waals surface area contributed by atoms with Crippen LogP contribution in [0.4, 0.5) is 0 Å². The quantitative estimate of drug-likeness (QED) is 0.570. The number of rotatable bonds is 10. The van der Waals surface area contributed by atoms with Crippen LogP contribution in [0.25, 0.3) is 0 Å². The van der Waals surface area contributed by atoms with Crippen molar-refractivity contribution in [3.8, 4) is 0 Å². The Hall–Kier alpha value is -0.200. The van der Waals surface area contributed by atoms with E-state index in [0.717, 1.165) is 13.2 Å². The first-order chi connectivity index (χ1) is 9.59. The molecule has 3 atom stereocenters. The predicted octanol–water partition coefficient (Wildman–Crippen LogP) is 1.50. The van der Waals surface area contributed by atoms with E-state index in [1.165, 1.54) is 0 Å². The topological polar surface area (TPSA) is 46.2 Å². The van der Waals surface area contributed by atoms with E-state index in [-0.39, 0.29) is 17.6 Å². The monoisotopic (exact) mass is 288 g/mol. The summed E-state index contributed by atoms with van der Waals surface area (Å²) in [6.07, 6.45) is 0.513. The Morgan fingerprint density at radius 2 is 1.60 bits per heavy atom. The molecule has 0 aromatic rings. The molecule has 5 nitrogen and oxygen atoms in total. The van der Waals surface area contributed by atoms with Crippen LogP contribution in [0.2, 0.25) is 0 Å². The fourth-order valence-electron chi connectivity index (χ4n) is 2.17. The average Bonchev–Trinajstić information content (AvgIpc) is 2.41. The van der Waals surface area contributed by atoms with Gasteiger partial charge in [-0.1, -0.05) is 20.8 Å². The minimum absolute atomic E-state index is 0.232. The number of hydrogen-bond acceptors (Lipinski definition) is 5. The first kappa shape index (κ1) is 16.2. The summed E-state index contributed by atoms with van der Waals surface area (Å²) in [6.45, 7) is 12.0. The van der Waals surface area contributed by atoms with Crippen molar-refractivity contribution in [2.75, 3.05) is 52.9 Å². The van der Waals surface area contributed by atoms with Crippen LogP contribution < -0.4 is 0 Å². The summed E-state index contributed by atoms with van der Waals surface area (Å²) in [5, 5.41) is 0. The molecule has 0 saturated carbocycles. The SMILES string of the molecule is CC1COC1COCCOCCOCC1OCC1(C)C. The molecule has 0 aromatic carbocycles. The van der Waals surface area contributed by atoms with Crippen molar-refractivity contribution in [3.63, 3.8) is 0 Å². The van der Waals surface area contributed by atoms with E-state index in [1.54, 1.807) is 0 Å². The van der Waals surface area contributed by atoms with Crippen molar-refractivity contribution in [3.05, 3.63) is 0 Å². The van der Waals surface area contributed by atoms with Crippen LogP contribution in [0.3, 0.4) is 0 Å². The molecule has 20 heavy (non-hydrogen) atoms. The van der Waals surface area contributed by atoms with Crippen LogP contribution in [-0.4, -0.2) is 65.1 Å². The Bertz CT molecular complexity index is 281. The lowest BCUT2D eigenvalue weighted by Crippen LogP contribution is -2.50. The fourth-order valence-corrected chi connectivity index (χ4v) is 2.17. The Labute approximate surface area is 121 Å². The molecular formula is C15H28O5. The summed E-state index contributed by atoms with van der Waals surface area (Å²) in [5.74, 6) is 0.627. The largest absolute Gasteiger partial charge is 0.377 e. The lowest BCUT2D eigenvalue weighted by Gasteiger charge is -2.43. The van der Waals surface area contributed by atoms with E-state index in [9.17, 15) is 0 Å². The van der Waals surface area contributed by atoms with Gasteiger partial charge in [0.05, 0.1) is 65.1 Å². The fraction of sp³-hybridized carbons (Fsp3) is 1.00. The zero-order valence-corrected chi connectivity index (χ0v) is 12.9. The van der Waals surface area contributed by atoms with Gasteiger partial charge < -0.3 is 23.7 Å². The third-order valence-corrected chi connectivity index (χ3v) is 4.03. The molecule has 0 bridgehead atoms. The highest BCUT2D eigenvalue weighted by Crippen LogP contribution is 2.33. The molecule has 3 unspecified atom stereocenters. The minimum atomic E-state index is 0.232. The van der Waals surface area contributed by atoms with Gasteiger partial charge >= 0.3 is 0 Å². The van der Waals surface area contributed by atoms with Crippen molar-refractivity contribution >= 4 is 0 Å². The molecule has 2 heterocycles. The Morgan fingerprint density at radius 3 is 2.05 bits per heavy atom. The predicted molar refractivity (Wildman–Crippen MR) is 74.9 cm³/mol. The van der Waals surface area contributed by atoms with Crippen molar-refractivity contribution in [2.45, 2.75) is 33.0 Å². The van der Waals surface area contributed by atoms with Crippen LogP contribution in [0.1, 0.15) is 20.8 Å². The molecular weight excluding hydrogens is 260 g/mol. The highest BCUT2D eigenvalue weighted by atomic mass is 16.6. The third-order valence-electron chi connectivity index (χ3n) is 4.03. The van der Waals surface area contributed by atoms with Gasteiger partial charge in [-0.05, 0) is 0 Å². The molecule has 0 aromatic heterocycles. The van der Waals surface area contributed by atoms with Gasteiger partial charge in [0.2, 0.25) is 0 Å². The molecule has 2 aliphatic rings. The molecule has 2 aliphatic heterocycles. The summed E-state index contributed by atoms with van der Waals surface area (Å²) in [4.78, 5) is 0. The highest BCUT2D eigenvalue weighted by Gasteiger charge is 2.39. The molecule has 0 radical (unpaired) electrons.